The maximum Gasteiger partial charge on any atom is 0.193 e. The molecule has 0 saturated carbocycles. The van der Waals surface area contributed by atoms with E-state index in [2.05, 4.69) is 22.1 Å². The lowest BCUT2D eigenvalue weighted by molar-refractivity contribution is 0.135. The maximum absolute atomic E-state index is 5.56. The predicted octanol–water partition coefficient (Wildman–Crippen LogP) is 2.53. The van der Waals surface area contributed by atoms with Crippen LogP contribution in [-0.4, -0.2) is 58.9 Å². The fraction of sp³-hybridized carbons (Fsp3) is 0.611. The number of hydrogen-bond acceptors (Lipinski definition) is 4. The lowest BCUT2D eigenvalue weighted by Gasteiger charge is -2.23. The van der Waals surface area contributed by atoms with Gasteiger partial charge < -0.3 is 24.4 Å². The first-order chi connectivity index (χ1) is 11.7. The zero-order chi connectivity index (χ0) is 17.8. The number of hydrogen-bond donors (Lipinski definition) is 1. The molecule has 0 heterocycles. The molecule has 1 rings (SSSR count). The van der Waals surface area contributed by atoms with E-state index in [-0.39, 0.29) is 0 Å². The summed E-state index contributed by atoms with van der Waals surface area (Å²) in [5, 5.41) is 3.31. The third-order valence-corrected chi connectivity index (χ3v) is 3.65. The molecule has 0 fully saturated rings. The van der Waals surface area contributed by atoms with E-state index in [4.69, 9.17) is 14.2 Å². The van der Waals surface area contributed by atoms with Gasteiger partial charge in [0.25, 0.3) is 0 Å². The van der Waals surface area contributed by atoms with E-state index in [0.29, 0.717) is 13.2 Å². The second kappa shape index (κ2) is 11.6. The van der Waals surface area contributed by atoms with Crippen LogP contribution in [0.1, 0.15) is 25.3 Å². The minimum Gasteiger partial charge on any atom is -0.497 e. The number of guanidine groups is 1. The van der Waals surface area contributed by atoms with Gasteiger partial charge in [0.05, 0.1) is 20.8 Å². The van der Waals surface area contributed by atoms with Gasteiger partial charge in [0.2, 0.25) is 0 Å². The van der Waals surface area contributed by atoms with Crippen LogP contribution in [0.3, 0.4) is 0 Å². The van der Waals surface area contributed by atoms with E-state index in [1.807, 2.05) is 25.2 Å². The Morgan fingerprint density at radius 2 is 2.00 bits per heavy atom. The quantitative estimate of drug-likeness (QED) is 0.404. The molecule has 0 spiro atoms. The maximum atomic E-state index is 5.56. The van der Waals surface area contributed by atoms with E-state index in [0.717, 1.165) is 49.0 Å². The van der Waals surface area contributed by atoms with Crippen molar-refractivity contribution in [2.45, 2.75) is 26.3 Å². The number of methoxy groups -OCH3 is 2. The average molecular weight is 337 g/mol. The zero-order valence-electron chi connectivity index (χ0n) is 15.6. The fourth-order valence-corrected chi connectivity index (χ4v) is 2.28. The summed E-state index contributed by atoms with van der Waals surface area (Å²) in [6.45, 7) is 5.07. The molecule has 136 valence electrons. The second-order valence-corrected chi connectivity index (χ2v) is 5.47. The SMILES string of the molecule is CCCCOCCNC(=NC)N(C)Cc1ccc(OC)cc1OC. The Hall–Kier alpha value is -1.95. The highest BCUT2D eigenvalue weighted by molar-refractivity contribution is 5.79. The van der Waals surface area contributed by atoms with Crippen molar-refractivity contribution in [1.82, 2.24) is 10.2 Å². The third-order valence-electron chi connectivity index (χ3n) is 3.65. The summed E-state index contributed by atoms with van der Waals surface area (Å²) in [6.07, 6.45) is 2.26. The predicted molar refractivity (Wildman–Crippen MR) is 98.1 cm³/mol. The molecule has 1 N–H and O–H groups in total. The number of unbranched alkanes of at least 4 members (excludes halogenated alkanes) is 1. The first-order valence-electron chi connectivity index (χ1n) is 8.36. The van der Waals surface area contributed by atoms with E-state index >= 15 is 0 Å². The lowest BCUT2D eigenvalue weighted by atomic mass is 10.2. The number of nitrogens with zero attached hydrogens (tertiary/aromatic N) is 2. The van der Waals surface area contributed by atoms with Gasteiger partial charge in [-0.1, -0.05) is 13.3 Å². The van der Waals surface area contributed by atoms with Gasteiger partial charge in [-0.05, 0) is 18.6 Å². The molecule has 1 aromatic rings. The van der Waals surface area contributed by atoms with E-state index < -0.39 is 0 Å². The molecule has 24 heavy (non-hydrogen) atoms. The molecule has 0 bridgehead atoms. The molecular weight excluding hydrogens is 306 g/mol. The van der Waals surface area contributed by atoms with Gasteiger partial charge in [0, 0.05) is 45.4 Å². The molecule has 0 atom stereocenters. The van der Waals surface area contributed by atoms with Crippen LogP contribution in [0, 0.1) is 0 Å². The Bertz CT molecular complexity index is 506. The average Bonchev–Trinajstić information content (AvgIpc) is 2.61. The van der Waals surface area contributed by atoms with Crippen molar-refractivity contribution >= 4 is 5.96 Å². The Morgan fingerprint density at radius 1 is 1.21 bits per heavy atom. The van der Waals surface area contributed by atoms with Gasteiger partial charge in [0.1, 0.15) is 11.5 Å². The van der Waals surface area contributed by atoms with Crippen molar-refractivity contribution in [3.05, 3.63) is 23.8 Å². The standard InChI is InChI=1S/C18H31N3O3/c1-6-7-11-24-12-10-20-18(19-2)21(3)14-15-8-9-16(22-4)13-17(15)23-5/h8-9,13H,6-7,10-12,14H2,1-5H3,(H,19,20). The highest BCUT2D eigenvalue weighted by atomic mass is 16.5. The van der Waals surface area contributed by atoms with Crippen LogP contribution >= 0.6 is 0 Å². The van der Waals surface area contributed by atoms with E-state index in [1.54, 1.807) is 21.3 Å². The third kappa shape index (κ3) is 6.66. The number of rotatable bonds is 10. The van der Waals surface area contributed by atoms with Crippen LogP contribution in [0.25, 0.3) is 0 Å². The van der Waals surface area contributed by atoms with Gasteiger partial charge in [-0.25, -0.2) is 0 Å². The van der Waals surface area contributed by atoms with Gasteiger partial charge >= 0.3 is 0 Å². The van der Waals surface area contributed by atoms with Gasteiger partial charge in [0.15, 0.2) is 5.96 Å². The molecule has 0 saturated heterocycles. The summed E-state index contributed by atoms with van der Waals surface area (Å²) in [5.41, 5.74) is 1.07. The zero-order valence-corrected chi connectivity index (χ0v) is 15.6. The van der Waals surface area contributed by atoms with Crippen molar-refractivity contribution in [3.63, 3.8) is 0 Å². The normalized spacial score (nSPS) is 11.3. The molecule has 0 radical (unpaired) electrons. The first-order valence-corrected chi connectivity index (χ1v) is 8.36. The molecule has 0 amide bonds. The van der Waals surface area contributed by atoms with Crippen molar-refractivity contribution < 1.29 is 14.2 Å². The summed E-state index contributed by atoms with van der Waals surface area (Å²) in [4.78, 5) is 6.37. The molecule has 6 heteroatoms. The van der Waals surface area contributed by atoms with Crippen LogP contribution in [0.5, 0.6) is 11.5 Å². The molecule has 0 aliphatic heterocycles. The summed E-state index contributed by atoms with van der Waals surface area (Å²) in [7, 11) is 7.09. The van der Waals surface area contributed by atoms with Crippen LogP contribution in [0.4, 0.5) is 0 Å². The second-order valence-electron chi connectivity index (χ2n) is 5.47. The largest absolute Gasteiger partial charge is 0.497 e. The topological polar surface area (TPSA) is 55.3 Å². The minimum atomic E-state index is 0.679. The number of nitrogens with one attached hydrogen (secondary N) is 1. The van der Waals surface area contributed by atoms with Gasteiger partial charge in [-0.15, -0.1) is 0 Å². The van der Waals surface area contributed by atoms with Gasteiger partial charge in [-0.3, -0.25) is 4.99 Å². The smallest absolute Gasteiger partial charge is 0.193 e. The molecule has 6 nitrogen and oxygen atoms in total. The van der Waals surface area contributed by atoms with Crippen LogP contribution in [-0.2, 0) is 11.3 Å². The molecule has 0 aliphatic rings. The summed E-state index contributed by atoms with van der Waals surface area (Å²) in [6, 6.07) is 5.83. The highest BCUT2D eigenvalue weighted by Gasteiger charge is 2.11. The number of aliphatic imine (C=N–C) groups is 1. The van der Waals surface area contributed by atoms with Crippen LogP contribution < -0.4 is 14.8 Å². The first kappa shape index (κ1) is 20.1. The monoisotopic (exact) mass is 337 g/mol. The molecule has 1 aromatic carbocycles. The minimum absolute atomic E-state index is 0.679. The summed E-state index contributed by atoms with van der Waals surface area (Å²) >= 11 is 0. The van der Waals surface area contributed by atoms with E-state index in [9.17, 15) is 0 Å². The van der Waals surface area contributed by atoms with Crippen LogP contribution in [0.15, 0.2) is 23.2 Å². The summed E-state index contributed by atoms with van der Waals surface area (Å²) < 4.78 is 16.2. The van der Waals surface area contributed by atoms with E-state index in [1.165, 1.54) is 0 Å². The Labute approximate surface area is 145 Å². The van der Waals surface area contributed by atoms with Crippen LogP contribution in [0.2, 0.25) is 0 Å². The van der Waals surface area contributed by atoms with Crippen molar-refractivity contribution in [2.24, 2.45) is 4.99 Å². The Kier molecular flexibility index (Phi) is 9.68. The molecule has 0 unspecified atom stereocenters. The number of ether oxygens (including phenoxy) is 3. The molecule has 0 aromatic heterocycles. The lowest BCUT2D eigenvalue weighted by Crippen LogP contribution is -2.40. The number of benzene rings is 1. The Balaban J connectivity index is 2.53. The molecule has 0 aliphatic carbocycles. The fourth-order valence-electron chi connectivity index (χ4n) is 2.28. The molecular formula is C18H31N3O3. The summed E-state index contributed by atoms with van der Waals surface area (Å²) in [5.74, 6) is 2.41. The highest BCUT2D eigenvalue weighted by Crippen LogP contribution is 2.25. The van der Waals surface area contributed by atoms with Crippen molar-refractivity contribution in [2.75, 3.05) is 48.1 Å². The van der Waals surface area contributed by atoms with Gasteiger partial charge in [-0.2, -0.15) is 0 Å². The van der Waals surface area contributed by atoms with Crippen molar-refractivity contribution in [3.8, 4) is 11.5 Å². The Morgan fingerprint density at radius 3 is 2.62 bits per heavy atom. The van der Waals surface area contributed by atoms with Crippen molar-refractivity contribution in [1.29, 1.82) is 0 Å².